The molecule has 3 aromatic carbocycles. The monoisotopic (exact) mass is 465 g/mol. The van der Waals surface area contributed by atoms with Crippen LogP contribution in [0.25, 0.3) is 0 Å². The molecule has 0 radical (unpaired) electrons. The third-order valence-corrected chi connectivity index (χ3v) is 7.97. The molecule has 2 aliphatic heterocycles. The zero-order valence-electron chi connectivity index (χ0n) is 18.4. The molecule has 0 N–H and O–H groups in total. The van der Waals surface area contributed by atoms with E-state index in [9.17, 15) is 12.8 Å². The number of benzene rings is 3. The lowest BCUT2D eigenvalue weighted by molar-refractivity contribution is 0.205. The van der Waals surface area contributed by atoms with Crippen molar-refractivity contribution in [3.8, 4) is 11.5 Å². The summed E-state index contributed by atoms with van der Waals surface area (Å²) in [6.07, 6.45) is 0. The highest BCUT2D eigenvalue weighted by Crippen LogP contribution is 2.39. The minimum Gasteiger partial charge on any atom is -0.454 e. The van der Waals surface area contributed by atoms with Crippen LogP contribution in [0, 0.1) is 12.7 Å². The summed E-state index contributed by atoms with van der Waals surface area (Å²) in [6, 6.07) is 18.4. The van der Waals surface area contributed by atoms with Crippen LogP contribution in [0.2, 0.25) is 0 Å². The Morgan fingerprint density at radius 3 is 2.61 bits per heavy atom. The largest absolute Gasteiger partial charge is 0.454 e. The lowest BCUT2D eigenvalue weighted by atomic mass is 10.1. The molecule has 0 unspecified atom stereocenters. The van der Waals surface area contributed by atoms with E-state index < -0.39 is 15.8 Å². The molecule has 0 saturated carbocycles. The molecule has 6 nitrogen and oxygen atoms in total. The van der Waals surface area contributed by atoms with Gasteiger partial charge in [0.05, 0.1) is 10.5 Å². The first-order valence-electron chi connectivity index (χ1n) is 10.8. The fourth-order valence-electron chi connectivity index (χ4n) is 4.32. The first-order valence-corrected chi connectivity index (χ1v) is 12.3. The van der Waals surface area contributed by atoms with Gasteiger partial charge in [-0.25, -0.2) is 17.8 Å². The van der Waals surface area contributed by atoms with Crippen molar-refractivity contribution in [2.45, 2.75) is 24.8 Å². The Labute approximate surface area is 193 Å². The molecular weight excluding hydrogens is 441 g/mol. The van der Waals surface area contributed by atoms with Gasteiger partial charge < -0.3 is 9.64 Å². The number of rotatable bonds is 2. The standard InChI is InChI=1S/C25H24FN3O3S/c1-17-10-11-22-24(14-17)32-23-9-4-3-8-21(23)25(27-22)28-12-13-29(18(2)16-28)33(30,31)20-7-5-6-19(26)15-20/h3-11,14-15,18H,12-13,16H2,1-2H3/t18-/m0/s1. The highest BCUT2D eigenvalue weighted by molar-refractivity contribution is 7.89. The Morgan fingerprint density at radius 1 is 1.00 bits per heavy atom. The molecule has 2 aliphatic rings. The van der Waals surface area contributed by atoms with Crippen molar-refractivity contribution in [3.63, 3.8) is 0 Å². The molecule has 0 bridgehead atoms. The van der Waals surface area contributed by atoms with Gasteiger partial charge in [-0.05, 0) is 61.9 Å². The lowest BCUT2D eigenvalue weighted by Crippen LogP contribution is -2.55. The highest BCUT2D eigenvalue weighted by Gasteiger charge is 2.36. The van der Waals surface area contributed by atoms with Crippen molar-refractivity contribution in [3.05, 3.63) is 83.7 Å². The molecule has 0 amide bonds. The van der Waals surface area contributed by atoms with Crippen molar-refractivity contribution >= 4 is 21.5 Å². The fraction of sp³-hybridized carbons (Fsp3) is 0.240. The Morgan fingerprint density at radius 2 is 1.82 bits per heavy atom. The number of aryl methyl sites for hydroxylation is 1. The number of hydrogen-bond acceptors (Lipinski definition) is 5. The number of halogens is 1. The maximum atomic E-state index is 13.7. The first kappa shape index (κ1) is 21.6. The summed E-state index contributed by atoms with van der Waals surface area (Å²) in [4.78, 5) is 7.00. The minimum atomic E-state index is -3.81. The van der Waals surface area contributed by atoms with Crippen LogP contribution in [0.3, 0.4) is 0 Å². The van der Waals surface area contributed by atoms with Crippen LogP contribution in [0.1, 0.15) is 18.1 Å². The third kappa shape index (κ3) is 4.00. The molecule has 170 valence electrons. The summed E-state index contributed by atoms with van der Waals surface area (Å²) in [7, 11) is -3.81. The SMILES string of the molecule is Cc1ccc2c(c1)Oc1ccccc1C(N1CCN(S(=O)(=O)c3cccc(F)c3)[C@@H](C)C1)=N2. The minimum absolute atomic E-state index is 0.0300. The number of aliphatic imine (C=N–C) groups is 1. The Bertz CT molecular complexity index is 1360. The Hall–Kier alpha value is -3.23. The van der Waals surface area contributed by atoms with Crippen LogP contribution in [0.4, 0.5) is 10.1 Å². The molecule has 5 rings (SSSR count). The summed E-state index contributed by atoms with van der Waals surface area (Å²) >= 11 is 0. The smallest absolute Gasteiger partial charge is 0.243 e. The number of fused-ring (bicyclic) bond motifs is 2. The van der Waals surface area contributed by atoms with Gasteiger partial charge in [0.15, 0.2) is 5.75 Å². The van der Waals surface area contributed by atoms with E-state index in [2.05, 4.69) is 4.90 Å². The summed E-state index contributed by atoms with van der Waals surface area (Å²) < 4.78 is 47.7. The van der Waals surface area contributed by atoms with Crippen molar-refractivity contribution < 1.29 is 17.5 Å². The van der Waals surface area contributed by atoms with E-state index in [1.807, 2.05) is 56.3 Å². The summed E-state index contributed by atoms with van der Waals surface area (Å²) in [5, 5.41) is 0. The van der Waals surface area contributed by atoms with Crippen molar-refractivity contribution in [1.82, 2.24) is 9.21 Å². The maximum Gasteiger partial charge on any atom is 0.243 e. The normalized spacial score (nSPS) is 18.6. The van der Waals surface area contributed by atoms with Crippen LogP contribution in [0.5, 0.6) is 11.5 Å². The van der Waals surface area contributed by atoms with Gasteiger partial charge in [-0.2, -0.15) is 4.31 Å². The number of hydrogen-bond donors (Lipinski definition) is 0. The van der Waals surface area contributed by atoms with Gasteiger partial charge in [0, 0.05) is 25.7 Å². The molecule has 0 aliphatic carbocycles. The molecule has 0 spiro atoms. The van der Waals surface area contributed by atoms with E-state index >= 15 is 0 Å². The topological polar surface area (TPSA) is 62.2 Å². The highest BCUT2D eigenvalue weighted by atomic mass is 32.2. The van der Waals surface area contributed by atoms with Gasteiger partial charge in [-0.1, -0.05) is 24.3 Å². The molecule has 1 atom stereocenters. The lowest BCUT2D eigenvalue weighted by Gasteiger charge is -2.40. The quantitative estimate of drug-likeness (QED) is 0.550. The number of nitrogens with zero attached hydrogens (tertiary/aromatic N) is 3. The summed E-state index contributed by atoms with van der Waals surface area (Å²) in [5.74, 6) is 1.59. The second-order valence-corrected chi connectivity index (χ2v) is 10.3. The Balaban J connectivity index is 1.48. The van der Waals surface area contributed by atoms with Crippen molar-refractivity contribution in [2.24, 2.45) is 4.99 Å². The second-order valence-electron chi connectivity index (χ2n) is 8.37. The molecule has 33 heavy (non-hydrogen) atoms. The van der Waals surface area contributed by atoms with Gasteiger partial charge in [0.1, 0.15) is 23.1 Å². The van der Waals surface area contributed by atoms with Gasteiger partial charge in [-0.15, -0.1) is 0 Å². The molecule has 3 aromatic rings. The summed E-state index contributed by atoms with van der Waals surface area (Å²) in [5.41, 5.74) is 2.67. The molecule has 1 fully saturated rings. The van der Waals surface area contributed by atoms with E-state index in [1.165, 1.54) is 22.5 Å². The van der Waals surface area contributed by atoms with Crippen LogP contribution in [-0.4, -0.2) is 49.1 Å². The number of ether oxygens (including phenoxy) is 1. The molecule has 0 aromatic heterocycles. The van der Waals surface area contributed by atoms with E-state index in [-0.39, 0.29) is 17.5 Å². The van der Waals surface area contributed by atoms with Gasteiger partial charge in [-0.3, -0.25) is 0 Å². The molecule has 1 saturated heterocycles. The van der Waals surface area contributed by atoms with E-state index in [0.717, 1.165) is 28.7 Å². The first-order chi connectivity index (χ1) is 15.8. The number of amidine groups is 1. The van der Waals surface area contributed by atoms with E-state index in [1.54, 1.807) is 0 Å². The van der Waals surface area contributed by atoms with Crippen LogP contribution in [-0.2, 0) is 10.0 Å². The average Bonchev–Trinajstić information content (AvgIpc) is 2.95. The van der Waals surface area contributed by atoms with Crippen LogP contribution < -0.4 is 4.74 Å². The fourth-order valence-corrected chi connectivity index (χ4v) is 5.97. The van der Waals surface area contributed by atoms with E-state index in [0.29, 0.717) is 24.6 Å². The average molecular weight is 466 g/mol. The van der Waals surface area contributed by atoms with Crippen molar-refractivity contribution in [2.75, 3.05) is 19.6 Å². The molecule has 8 heteroatoms. The van der Waals surface area contributed by atoms with Gasteiger partial charge in [0.25, 0.3) is 0 Å². The predicted octanol–water partition coefficient (Wildman–Crippen LogP) is 4.71. The van der Waals surface area contributed by atoms with Crippen molar-refractivity contribution in [1.29, 1.82) is 0 Å². The molecule has 2 heterocycles. The van der Waals surface area contributed by atoms with Crippen LogP contribution >= 0.6 is 0 Å². The summed E-state index contributed by atoms with van der Waals surface area (Å²) in [6.45, 7) is 5.03. The Kier molecular flexibility index (Phi) is 5.42. The van der Waals surface area contributed by atoms with Gasteiger partial charge in [0.2, 0.25) is 10.0 Å². The van der Waals surface area contributed by atoms with Crippen LogP contribution in [0.15, 0.2) is 76.6 Å². The maximum absolute atomic E-state index is 13.7. The zero-order valence-corrected chi connectivity index (χ0v) is 19.2. The zero-order chi connectivity index (χ0) is 23.2. The second kappa shape index (κ2) is 8.28. The molecular formula is C25H24FN3O3S. The third-order valence-electron chi connectivity index (χ3n) is 5.96. The number of sulfonamides is 1. The predicted molar refractivity (Wildman–Crippen MR) is 125 cm³/mol. The number of piperazine rings is 1. The number of para-hydroxylation sites is 1. The van der Waals surface area contributed by atoms with E-state index in [4.69, 9.17) is 9.73 Å². The van der Waals surface area contributed by atoms with Gasteiger partial charge >= 0.3 is 0 Å².